The summed E-state index contributed by atoms with van der Waals surface area (Å²) in [6.07, 6.45) is 2.67. The van der Waals surface area contributed by atoms with Crippen molar-refractivity contribution in [3.8, 4) is 0 Å². The lowest BCUT2D eigenvalue weighted by Crippen LogP contribution is -2.14. The molecule has 0 saturated carbocycles. The Morgan fingerprint density at radius 3 is 2.65 bits per heavy atom. The van der Waals surface area contributed by atoms with Crippen LogP contribution < -0.4 is 5.32 Å². The van der Waals surface area contributed by atoms with Crippen LogP contribution in [-0.4, -0.2) is 22.0 Å². The number of aromatic carboxylic acids is 1. The zero-order chi connectivity index (χ0) is 14.7. The van der Waals surface area contributed by atoms with E-state index in [2.05, 4.69) is 10.3 Å². The zero-order valence-corrected chi connectivity index (χ0v) is 10.7. The third kappa shape index (κ3) is 2.92. The molecule has 2 rings (SSSR count). The first-order chi connectivity index (χ1) is 9.49. The summed E-state index contributed by atoms with van der Waals surface area (Å²) in [5.41, 5.74) is -0.254. The predicted octanol–water partition coefficient (Wildman–Crippen LogP) is 2.82. The number of hydrogen-bond donors (Lipinski definition) is 2. The Morgan fingerprint density at radius 2 is 2.05 bits per heavy atom. The molecule has 1 aromatic heterocycles. The highest BCUT2D eigenvalue weighted by molar-refractivity contribution is 6.34. The van der Waals surface area contributed by atoms with Gasteiger partial charge in [0.1, 0.15) is 5.82 Å². The van der Waals surface area contributed by atoms with E-state index < -0.39 is 17.7 Å². The maximum Gasteiger partial charge on any atom is 0.335 e. The van der Waals surface area contributed by atoms with Gasteiger partial charge in [-0.3, -0.25) is 9.78 Å². The molecule has 0 aliphatic heterocycles. The summed E-state index contributed by atoms with van der Waals surface area (Å²) in [6, 6.07) is 4.61. The van der Waals surface area contributed by atoms with E-state index in [0.29, 0.717) is 0 Å². The molecule has 1 heterocycles. The van der Waals surface area contributed by atoms with Crippen molar-refractivity contribution in [3.05, 3.63) is 58.6 Å². The molecular formula is C13H8ClFN2O3. The lowest BCUT2D eigenvalue weighted by Gasteiger charge is -2.07. The topological polar surface area (TPSA) is 79.3 Å². The Bertz CT molecular complexity index is 691. The van der Waals surface area contributed by atoms with E-state index in [9.17, 15) is 14.0 Å². The number of carbonyl (C=O) groups is 2. The van der Waals surface area contributed by atoms with Crippen molar-refractivity contribution in [2.75, 3.05) is 5.32 Å². The fourth-order valence-electron chi connectivity index (χ4n) is 1.48. The smallest absolute Gasteiger partial charge is 0.335 e. The minimum atomic E-state index is -1.25. The Kier molecular flexibility index (Phi) is 3.95. The number of anilines is 1. The van der Waals surface area contributed by atoms with Crippen LogP contribution >= 0.6 is 11.6 Å². The van der Waals surface area contributed by atoms with E-state index in [-0.39, 0.29) is 21.8 Å². The van der Waals surface area contributed by atoms with Crippen molar-refractivity contribution < 1.29 is 19.1 Å². The highest BCUT2D eigenvalue weighted by atomic mass is 35.5. The Balaban J connectivity index is 2.25. The fourth-order valence-corrected chi connectivity index (χ4v) is 1.67. The third-order valence-electron chi connectivity index (χ3n) is 2.48. The molecule has 0 saturated heterocycles. The molecule has 20 heavy (non-hydrogen) atoms. The summed E-state index contributed by atoms with van der Waals surface area (Å²) in [5, 5.41) is 11.2. The zero-order valence-electron chi connectivity index (χ0n) is 9.93. The maximum absolute atomic E-state index is 13.7. The molecular weight excluding hydrogens is 287 g/mol. The standard InChI is InChI=1S/C13H8ClFN2O3/c14-9-3-4-16-6-8(9)12(18)17-11-2-1-7(13(19)20)5-10(11)15/h1-6H,(H,17,18)(H,19,20). The van der Waals surface area contributed by atoms with Gasteiger partial charge in [0.05, 0.1) is 21.8 Å². The van der Waals surface area contributed by atoms with E-state index >= 15 is 0 Å². The van der Waals surface area contributed by atoms with Gasteiger partial charge in [0, 0.05) is 12.4 Å². The summed E-state index contributed by atoms with van der Waals surface area (Å²) in [6.45, 7) is 0. The number of nitrogens with one attached hydrogen (secondary N) is 1. The highest BCUT2D eigenvalue weighted by Gasteiger charge is 2.14. The van der Waals surface area contributed by atoms with Crippen molar-refractivity contribution in [1.82, 2.24) is 4.98 Å². The largest absolute Gasteiger partial charge is 0.478 e. The van der Waals surface area contributed by atoms with Crippen molar-refractivity contribution in [1.29, 1.82) is 0 Å². The minimum absolute atomic E-state index is 0.0934. The number of benzene rings is 1. The summed E-state index contributed by atoms with van der Waals surface area (Å²) in [7, 11) is 0. The van der Waals surface area contributed by atoms with Crippen LogP contribution in [0.2, 0.25) is 5.02 Å². The van der Waals surface area contributed by atoms with Gasteiger partial charge in [0.15, 0.2) is 0 Å². The van der Waals surface area contributed by atoms with Crippen LogP contribution in [0, 0.1) is 5.82 Å². The number of pyridine rings is 1. The molecule has 0 bridgehead atoms. The molecule has 0 spiro atoms. The number of nitrogens with zero attached hydrogens (tertiary/aromatic N) is 1. The molecule has 0 aliphatic carbocycles. The number of carboxylic acid groups (broad SMARTS) is 1. The van der Waals surface area contributed by atoms with Gasteiger partial charge in [-0.15, -0.1) is 0 Å². The van der Waals surface area contributed by atoms with Crippen molar-refractivity contribution >= 4 is 29.2 Å². The second-order valence-corrected chi connectivity index (χ2v) is 4.22. The van der Waals surface area contributed by atoms with E-state index in [1.54, 1.807) is 0 Å². The molecule has 0 radical (unpaired) electrons. The monoisotopic (exact) mass is 294 g/mol. The lowest BCUT2D eigenvalue weighted by molar-refractivity contribution is 0.0696. The Hall–Kier alpha value is -2.47. The quantitative estimate of drug-likeness (QED) is 0.912. The molecule has 1 aromatic carbocycles. The molecule has 0 aliphatic rings. The fraction of sp³-hybridized carbons (Fsp3) is 0. The van der Waals surface area contributed by atoms with Crippen molar-refractivity contribution in [2.45, 2.75) is 0 Å². The number of amides is 1. The van der Waals surface area contributed by atoms with Crippen LogP contribution in [0.4, 0.5) is 10.1 Å². The average molecular weight is 295 g/mol. The van der Waals surface area contributed by atoms with Crippen LogP contribution in [0.3, 0.4) is 0 Å². The van der Waals surface area contributed by atoms with Crippen LogP contribution in [0.5, 0.6) is 0 Å². The number of aromatic nitrogens is 1. The second kappa shape index (κ2) is 5.66. The molecule has 0 atom stereocenters. The number of halogens is 2. The van der Waals surface area contributed by atoms with Gasteiger partial charge in [0.2, 0.25) is 0 Å². The molecule has 2 aromatic rings. The van der Waals surface area contributed by atoms with Gasteiger partial charge >= 0.3 is 5.97 Å². The average Bonchev–Trinajstić information content (AvgIpc) is 2.41. The summed E-state index contributed by atoms with van der Waals surface area (Å²) >= 11 is 5.82. The summed E-state index contributed by atoms with van der Waals surface area (Å²) in [5.74, 6) is -2.74. The number of carbonyl (C=O) groups excluding carboxylic acids is 1. The van der Waals surface area contributed by atoms with Crippen LogP contribution in [0.15, 0.2) is 36.7 Å². The van der Waals surface area contributed by atoms with Gasteiger partial charge in [-0.25, -0.2) is 9.18 Å². The minimum Gasteiger partial charge on any atom is -0.478 e. The Labute approximate surface area is 118 Å². The van der Waals surface area contributed by atoms with E-state index in [1.165, 1.54) is 30.6 Å². The molecule has 1 amide bonds. The highest BCUT2D eigenvalue weighted by Crippen LogP contribution is 2.19. The predicted molar refractivity (Wildman–Crippen MR) is 70.6 cm³/mol. The normalized spacial score (nSPS) is 10.1. The molecule has 7 heteroatoms. The number of rotatable bonds is 3. The van der Waals surface area contributed by atoms with Gasteiger partial charge in [0.25, 0.3) is 5.91 Å². The molecule has 5 nitrogen and oxygen atoms in total. The van der Waals surface area contributed by atoms with Crippen LogP contribution in [0.1, 0.15) is 20.7 Å². The Morgan fingerprint density at radius 1 is 1.30 bits per heavy atom. The SMILES string of the molecule is O=C(O)c1ccc(NC(=O)c2cnccc2Cl)c(F)c1. The van der Waals surface area contributed by atoms with Crippen molar-refractivity contribution in [2.24, 2.45) is 0 Å². The first-order valence-electron chi connectivity index (χ1n) is 5.42. The molecule has 102 valence electrons. The number of hydrogen-bond acceptors (Lipinski definition) is 3. The first-order valence-corrected chi connectivity index (χ1v) is 5.80. The second-order valence-electron chi connectivity index (χ2n) is 3.81. The van der Waals surface area contributed by atoms with E-state index in [1.807, 2.05) is 0 Å². The number of carboxylic acids is 1. The first kappa shape index (κ1) is 14.0. The molecule has 0 fully saturated rings. The third-order valence-corrected chi connectivity index (χ3v) is 2.81. The van der Waals surface area contributed by atoms with E-state index in [4.69, 9.17) is 16.7 Å². The molecule has 2 N–H and O–H groups in total. The summed E-state index contributed by atoms with van der Waals surface area (Å²) in [4.78, 5) is 26.3. The van der Waals surface area contributed by atoms with E-state index in [0.717, 1.165) is 6.07 Å². The maximum atomic E-state index is 13.7. The van der Waals surface area contributed by atoms with Crippen LogP contribution in [0.25, 0.3) is 0 Å². The van der Waals surface area contributed by atoms with Crippen LogP contribution in [-0.2, 0) is 0 Å². The van der Waals surface area contributed by atoms with Gasteiger partial charge in [-0.1, -0.05) is 11.6 Å². The van der Waals surface area contributed by atoms with Crippen molar-refractivity contribution in [3.63, 3.8) is 0 Å². The van der Waals surface area contributed by atoms with Gasteiger partial charge in [-0.2, -0.15) is 0 Å². The summed E-state index contributed by atoms with van der Waals surface area (Å²) < 4.78 is 13.7. The lowest BCUT2D eigenvalue weighted by atomic mass is 10.2. The van der Waals surface area contributed by atoms with Gasteiger partial charge < -0.3 is 10.4 Å². The molecule has 0 unspecified atom stereocenters. The van der Waals surface area contributed by atoms with Gasteiger partial charge in [-0.05, 0) is 24.3 Å².